The van der Waals surface area contributed by atoms with Crippen LogP contribution in [-0.4, -0.2) is 12.6 Å². The second-order valence-electron chi connectivity index (χ2n) is 5.56. The molecule has 0 amide bonds. The fourth-order valence-electron chi connectivity index (χ4n) is 3.14. The van der Waals surface area contributed by atoms with E-state index in [1.807, 2.05) is 13.8 Å². The third-order valence-electron chi connectivity index (χ3n) is 4.41. The van der Waals surface area contributed by atoms with E-state index in [-0.39, 0.29) is 11.9 Å². The van der Waals surface area contributed by atoms with E-state index in [1.54, 1.807) is 0 Å². The molecule has 2 rings (SSSR count). The minimum atomic E-state index is -0.0225. The summed E-state index contributed by atoms with van der Waals surface area (Å²) < 4.78 is 5.13. The van der Waals surface area contributed by atoms with Gasteiger partial charge in [-0.15, -0.1) is 0 Å². The van der Waals surface area contributed by atoms with Crippen molar-refractivity contribution in [2.45, 2.75) is 45.4 Å². The van der Waals surface area contributed by atoms with E-state index >= 15 is 0 Å². The lowest BCUT2D eigenvalue weighted by atomic mass is 9.74. The topological polar surface area (TPSA) is 26.3 Å². The lowest BCUT2D eigenvalue weighted by molar-refractivity contribution is -0.149. The van der Waals surface area contributed by atoms with Crippen molar-refractivity contribution in [3.05, 3.63) is 35.9 Å². The van der Waals surface area contributed by atoms with E-state index in [2.05, 4.69) is 30.3 Å². The first-order valence-corrected chi connectivity index (χ1v) is 7.44. The molecule has 0 aliphatic heterocycles. The summed E-state index contributed by atoms with van der Waals surface area (Å²) in [6.07, 6.45) is 4.66. The molecule has 2 heteroatoms. The molecule has 1 atom stereocenters. The van der Waals surface area contributed by atoms with Gasteiger partial charge in [-0.05, 0) is 50.0 Å². The van der Waals surface area contributed by atoms with Crippen molar-refractivity contribution in [3.63, 3.8) is 0 Å². The Kier molecular flexibility index (Phi) is 5.00. The molecule has 0 radical (unpaired) electrons. The van der Waals surface area contributed by atoms with Gasteiger partial charge in [-0.25, -0.2) is 0 Å². The van der Waals surface area contributed by atoms with Crippen LogP contribution in [0.5, 0.6) is 0 Å². The molecule has 2 nitrogen and oxygen atoms in total. The van der Waals surface area contributed by atoms with E-state index in [9.17, 15) is 4.79 Å². The maximum atomic E-state index is 11.8. The van der Waals surface area contributed by atoms with Crippen molar-refractivity contribution in [3.8, 4) is 0 Å². The van der Waals surface area contributed by atoms with Gasteiger partial charge >= 0.3 is 5.97 Å². The van der Waals surface area contributed by atoms with Crippen LogP contribution < -0.4 is 0 Å². The van der Waals surface area contributed by atoms with E-state index in [0.717, 1.165) is 12.8 Å². The summed E-state index contributed by atoms with van der Waals surface area (Å²) in [5.41, 5.74) is 1.45. The summed E-state index contributed by atoms with van der Waals surface area (Å²) in [5, 5.41) is 0. The van der Waals surface area contributed by atoms with E-state index in [4.69, 9.17) is 4.74 Å². The van der Waals surface area contributed by atoms with Gasteiger partial charge in [-0.1, -0.05) is 37.3 Å². The molecule has 0 bridgehead atoms. The zero-order chi connectivity index (χ0) is 13.7. The Bertz CT molecular complexity index is 391. The summed E-state index contributed by atoms with van der Waals surface area (Å²) >= 11 is 0. The highest BCUT2D eigenvalue weighted by molar-refractivity contribution is 5.72. The van der Waals surface area contributed by atoms with Gasteiger partial charge in [0.15, 0.2) is 0 Å². The molecule has 1 aromatic rings. The third kappa shape index (κ3) is 3.59. The summed E-state index contributed by atoms with van der Waals surface area (Å²) in [5.74, 6) is 1.20. The predicted octanol–water partition coefficient (Wildman–Crippen LogP) is 4.16. The first-order chi connectivity index (χ1) is 9.22. The molecule has 1 unspecified atom stereocenters. The Hall–Kier alpha value is -1.31. The van der Waals surface area contributed by atoms with Crippen molar-refractivity contribution in [1.29, 1.82) is 0 Å². The smallest absolute Gasteiger partial charge is 0.308 e. The maximum absolute atomic E-state index is 11.8. The molecular weight excluding hydrogens is 236 g/mol. The van der Waals surface area contributed by atoms with Crippen molar-refractivity contribution >= 4 is 5.97 Å². The van der Waals surface area contributed by atoms with E-state index < -0.39 is 0 Å². The van der Waals surface area contributed by atoms with Gasteiger partial charge < -0.3 is 4.74 Å². The van der Waals surface area contributed by atoms with Crippen molar-refractivity contribution in [2.24, 2.45) is 11.8 Å². The standard InChI is InChI=1S/C17H24O2/c1-3-19-17(18)13(2)14-9-11-16(12-10-14)15-7-5-4-6-8-15/h4-8,13-14,16H,3,9-12H2,1-2H3. The number of hydrogen-bond donors (Lipinski definition) is 0. The summed E-state index contributed by atoms with van der Waals surface area (Å²) in [4.78, 5) is 11.8. The SMILES string of the molecule is CCOC(=O)C(C)C1CCC(c2ccccc2)CC1. The van der Waals surface area contributed by atoms with Crippen LogP contribution in [0.2, 0.25) is 0 Å². The molecule has 104 valence electrons. The normalized spacial score (nSPS) is 24.7. The molecule has 19 heavy (non-hydrogen) atoms. The Balaban J connectivity index is 1.87. The van der Waals surface area contributed by atoms with Crippen LogP contribution in [0.1, 0.15) is 51.0 Å². The summed E-state index contributed by atoms with van der Waals surface area (Å²) in [6.45, 7) is 4.38. The quantitative estimate of drug-likeness (QED) is 0.760. The molecule has 0 N–H and O–H groups in total. The van der Waals surface area contributed by atoms with Crippen LogP contribution in [-0.2, 0) is 9.53 Å². The first-order valence-electron chi connectivity index (χ1n) is 7.44. The molecule has 1 aromatic carbocycles. The monoisotopic (exact) mass is 260 g/mol. The molecule has 1 aliphatic carbocycles. The summed E-state index contributed by atoms with van der Waals surface area (Å²) in [7, 11) is 0. The Morgan fingerprint density at radius 1 is 1.21 bits per heavy atom. The zero-order valence-electron chi connectivity index (χ0n) is 12.0. The molecule has 0 heterocycles. The highest BCUT2D eigenvalue weighted by atomic mass is 16.5. The lowest BCUT2D eigenvalue weighted by Crippen LogP contribution is -2.26. The Morgan fingerprint density at radius 2 is 1.84 bits per heavy atom. The second kappa shape index (κ2) is 6.74. The predicted molar refractivity (Wildman–Crippen MR) is 76.9 cm³/mol. The molecular formula is C17H24O2. The highest BCUT2D eigenvalue weighted by Crippen LogP contribution is 2.38. The molecule has 1 saturated carbocycles. The van der Waals surface area contributed by atoms with Gasteiger partial charge in [-0.3, -0.25) is 4.79 Å². The fourth-order valence-corrected chi connectivity index (χ4v) is 3.14. The van der Waals surface area contributed by atoms with Crippen LogP contribution in [0, 0.1) is 11.8 Å². The van der Waals surface area contributed by atoms with Crippen LogP contribution in [0.3, 0.4) is 0 Å². The number of benzene rings is 1. The van der Waals surface area contributed by atoms with Gasteiger partial charge in [0, 0.05) is 0 Å². The highest BCUT2D eigenvalue weighted by Gasteiger charge is 2.30. The summed E-state index contributed by atoms with van der Waals surface area (Å²) in [6, 6.07) is 10.7. The average Bonchev–Trinajstić information content (AvgIpc) is 2.48. The van der Waals surface area contributed by atoms with Crippen molar-refractivity contribution in [2.75, 3.05) is 6.61 Å². The largest absolute Gasteiger partial charge is 0.466 e. The van der Waals surface area contributed by atoms with Crippen LogP contribution in [0.25, 0.3) is 0 Å². The first kappa shape index (κ1) is 14.1. The van der Waals surface area contributed by atoms with E-state index in [0.29, 0.717) is 18.4 Å². The molecule has 1 aliphatic rings. The molecule has 0 spiro atoms. The van der Waals surface area contributed by atoms with Crippen LogP contribution in [0.4, 0.5) is 0 Å². The van der Waals surface area contributed by atoms with Crippen LogP contribution >= 0.6 is 0 Å². The Labute approximate surface area is 116 Å². The second-order valence-corrected chi connectivity index (χ2v) is 5.56. The number of rotatable bonds is 4. The molecule has 0 saturated heterocycles. The third-order valence-corrected chi connectivity index (χ3v) is 4.41. The number of ether oxygens (including phenoxy) is 1. The fraction of sp³-hybridized carbons (Fsp3) is 0.588. The maximum Gasteiger partial charge on any atom is 0.308 e. The minimum absolute atomic E-state index is 0.0225. The molecule has 0 aromatic heterocycles. The number of carbonyl (C=O) groups excluding carboxylic acids is 1. The van der Waals surface area contributed by atoms with Gasteiger partial charge in [0.05, 0.1) is 12.5 Å². The minimum Gasteiger partial charge on any atom is -0.466 e. The van der Waals surface area contributed by atoms with Crippen LogP contribution in [0.15, 0.2) is 30.3 Å². The molecule has 1 fully saturated rings. The van der Waals surface area contributed by atoms with E-state index in [1.165, 1.54) is 18.4 Å². The van der Waals surface area contributed by atoms with Crippen molar-refractivity contribution in [1.82, 2.24) is 0 Å². The average molecular weight is 260 g/mol. The van der Waals surface area contributed by atoms with Crippen molar-refractivity contribution < 1.29 is 9.53 Å². The number of carbonyl (C=O) groups is 1. The van der Waals surface area contributed by atoms with Gasteiger partial charge in [0.25, 0.3) is 0 Å². The number of hydrogen-bond acceptors (Lipinski definition) is 2. The van der Waals surface area contributed by atoms with Gasteiger partial charge in [-0.2, -0.15) is 0 Å². The number of esters is 1. The van der Waals surface area contributed by atoms with Gasteiger partial charge in [0.2, 0.25) is 0 Å². The zero-order valence-corrected chi connectivity index (χ0v) is 12.0. The van der Waals surface area contributed by atoms with Gasteiger partial charge in [0.1, 0.15) is 0 Å². The lowest BCUT2D eigenvalue weighted by Gasteiger charge is -2.31. The Morgan fingerprint density at radius 3 is 2.42 bits per heavy atom.